The van der Waals surface area contributed by atoms with Crippen LogP contribution >= 0.6 is 0 Å². The topological polar surface area (TPSA) is 82.3 Å². The molecule has 1 unspecified atom stereocenters. The molecular formula is C28H24FN5O2S. The van der Waals surface area contributed by atoms with Crippen molar-refractivity contribution >= 4 is 16.3 Å². The molecule has 9 heteroatoms. The molecule has 5 aromatic rings. The summed E-state index contributed by atoms with van der Waals surface area (Å²) in [5, 5.41) is 0.435. The summed E-state index contributed by atoms with van der Waals surface area (Å²) in [6.07, 6.45) is 6.80. The van der Waals surface area contributed by atoms with E-state index in [0.29, 0.717) is 58.5 Å². The van der Waals surface area contributed by atoms with Crippen molar-refractivity contribution in [3.8, 4) is 16.9 Å². The van der Waals surface area contributed by atoms with Crippen molar-refractivity contribution in [2.45, 2.75) is 43.0 Å². The lowest BCUT2D eigenvalue weighted by atomic mass is 10.00. The predicted octanol–water partition coefficient (Wildman–Crippen LogP) is 4.83. The van der Waals surface area contributed by atoms with Crippen molar-refractivity contribution in [3.63, 3.8) is 0 Å². The van der Waals surface area contributed by atoms with Gasteiger partial charge < -0.3 is 4.74 Å². The van der Waals surface area contributed by atoms with E-state index in [1.807, 2.05) is 48.6 Å². The van der Waals surface area contributed by atoms with Gasteiger partial charge in [-0.05, 0) is 50.1 Å². The molecular weight excluding hydrogens is 489 g/mol. The smallest absolute Gasteiger partial charge is 0.158 e. The zero-order valence-electron chi connectivity index (χ0n) is 20.4. The molecule has 0 saturated heterocycles. The highest BCUT2D eigenvalue weighted by Gasteiger charge is 2.23. The number of ether oxygens (including phenoxy) is 1. The van der Waals surface area contributed by atoms with E-state index in [2.05, 4.69) is 15.0 Å². The summed E-state index contributed by atoms with van der Waals surface area (Å²) in [7, 11) is -1.51. The molecule has 3 aromatic heterocycles. The molecule has 0 N–H and O–H groups in total. The molecule has 1 aliphatic rings. The van der Waals surface area contributed by atoms with E-state index in [1.165, 1.54) is 6.07 Å². The van der Waals surface area contributed by atoms with Crippen LogP contribution in [0.2, 0.25) is 0 Å². The maximum absolute atomic E-state index is 14.8. The summed E-state index contributed by atoms with van der Waals surface area (Å²) in [5.41, 5.74) is 4.61. The van der Waals surface area contributed by atoms with Gasteiger partial charge in [0.25, 0.3) is 0 Å². The van der Waals surface area contributed by atoms with E-state index in [1.54, 1.807) is 24.8 Å². The summed E-state index contributed by atoms with van der Waals surface area (Å²) in [6.45, 7) is 4.32. The fourth-order valence-corrected chi connectivity index (χ4v) is 6.03. The molecule has 0 bridgehead atoms. The Morgan fingerprint density at radius 2 is 1.81 bits per heavy atom. The number of imidazole rings is 1. The molecule has 6 rings (SSSR count). The van der Waals surface area contributed by atoms with Crippen LogP contribution in [0.4, 0.5) is 4.39 Å². The van der Waals surface area contributed by atoms with E-state index in [-0.39, 0.29) is 5.82 Å². The third-order valence-corrected chi connectivity index (χ3v) is 8.02. The molecule has 0 saturated carbocycles. The summed E-state index contributed by atoms with van der Waals surface area (Å²) < 4.78 is 35.9. The van der Waals surface area contributed by atoms with Crippen molar-refractivity contribution in [2.24, 2.45) is 0 Å². The number of hydrogen-bond acceptors (Lipinski definition) is 6. The van der Waals surface area contributed by atoms with Gasteiger partial charge in [0.05, 0.1) is 12.1 Å². The van der Waals surface area contributed by atoms with E-state index in [9.17, 15) is 8.60 Å². The van der Waals surface area contributed by atoms with Crippen LogP contribution < -0.4 is 4.74 Å². The SMILES string of the molecule is Cc1ncc(-c2cnc(CCc3c(F)ccc4c3CCO4)n3cnc(S(=O)c4ccccc4)c23)c(C)n1. The Hall–Kier alpha value is -3.98. The predicted molar refractivity (Wildman–Crippen MR) is 138 cm³/mol. The lowest BCUT2D eigenvalue weighted by Crippen LogP contribution is -2.07. The first kappa shape index (κ1) is 23.4. The maximum Gasteiger partial charge on any atom is 0.158 e. The van der Waals surface area contributed by atoms with Crippen molar-refractivity contribution < 1.29 is 13.3 Å². The highest BCUT2D eigenvalue weighted by molar-refractivity contribution is 7.85. The van der Waals surface area contributed by atoms with Crippen molar-refractivity contribution in [3.05, 3.63) is 95.5 Å². The lowest BCUT2D eigenvalue weighted by molar-refractivity contribution is 0.356. The zero-order chi connectivity index (χ0) is 25.5. The van der Waals surface area contributed by atoms with Gasteiger partial charge in [0.1, 0.15) is 40.3 Å². The van der Waals surface area contributed by atoms with E-state index < -0.39 is 10.8 Å². The van der Waals surface area contributed by atoms with Crippen LogP contribution in [0.3, 0.4) is 0 Å². The van der Waals surface area contributed by atoms with Gasteiger partial charge in [-0.2, -0.15) is 0 Å². The Morgan fingerprint density at radius 3 is 2.62 bits per heavy atom. The molecule has 186 valence electrons. The second-order valence-electron chi connectivity index (χ2n) is 8.96. The molecule has 0 amide bonds. The minimum Gasteiger partial charge on any atom is -0.493 e. The maximum atomic E-state index is 14.8. The van der Waals surface area contributed by atoms with E-state index in [4.69, 9.17) is 9.72 Å². The average molecular weight is 514 g/mol. The largest absolute Gasteiger partial charge is 0.493 e. The van der Waals surface area contributed by atoms with Gasteiger partial charge in [0.15, 0.2) is 5.03 Å². The lowest BCUT2D eigenvalue weighted by Gasteiger charge is -2.13. The second kappa shape index (κ2) is 9.48. The Bertz CT molecular complexity index is 1670. The zero-order valence-corrected chi connectivity index (χ0v) is 21.3. The Balaban J connectivity index is 1.47. The second-order valence-corrected chi connectivity index (χ2v) is 10.4. The first-order chi connectivity index (χ1) is 18.0. The van der Waals surface area contributed by atoms with Gasteiger partial charge in [0.2, 0.25) is 0 Å². The first-order valence-corrected chi connectivity index (χ1v) is 13.2. The monoisotopic (exact) mass is 513 g/mol. The number of halogens is 1. The standard InChI is InChI=1S/C28H24FN5O2S/c1-17-22(14-30-18(2)33-17)23-15-31-26(11-8-20-21-12-13-36-25(21)10-9-24(20)29)34-16-32-28(27(23)34)37(35)19-6-4-3-5-7-19/h3-7,9-10,14-16H,8,11-13H2,1-2H3. The summed E-state index contributed by atoms with van der Waals surface area (Å²) in [6, 6.07) is 12.4. The van der Waals surface area contributed by atoms with Gasteiger partial charge in [-0.15, -0.1) is 0 Å². The van der Waals surface area contributed by atoms with Crippen molar-refractivity contribution in [1.82, 2.24) is 24.3 Å². The molecule has 0 radical (unpaired) electrons. The average Bonchev–Trinajstić information content (AvgIpc) is 3.56. The Morgan fingerprint density at radius 1 is 1.00 bits per heavy atom. The third kappa shape index (κ3) is 4.19. The van der Waals surface area contributed by atoms with Crippen LogP contribution in [0, 0.1) is 19.7 Å². The normalized spacial score (nSPS) is 13.5. The van der Waals surface area contributed by atoms with E-state index in [0.717, 1.165) is 28.1 Å². The van der Waals surface area contributed by atoms with Gasteiger partial charge in [-0.25, -0.2) is 28.5 Å². The summed E-state index contributed by atoms with van der Waals surface area (Å²) in [5.74, 6) is 1.89. The van der Waals surface area contributed by atoms with Crippen molar-refractivity contribution in [2.75, 3.05) is 6.61 Å². The van der Waals surface area contributed by atoms with Gasteiger partial charge >= 0.3 is 0 Å². The van der Waals surface area contributed by atoms with Crippen LogP contribution in [0.1, 0.15) is 28.5 Å². The summed E-state index contributed by atoms with van der Waals surface area (Å²) in [4.78, 5) is 18.9. The summed E-state index contributed by atoms with van der Waals surface area (Å²) >= 11 is 0. The quantitative estimate of drug-likeness (QED) is 0.324. The van der Waals surface area contributed by atoms with Gasteiger partial charge in [0, 0.05) is 52.5 Å². The number of hydrogen-bond donors (Lipinski definition) is 0. The molecule has 0 aliphatic carbocycles. The van der Waals surface area contributed by atoms with Crippen LogP contribution in [0.25, 0.3) is 16.6 Å². The molecule has 4 heterocycles. The molecule has 1 atom stereocenters. The number of aryl methyl sites for hydroxylation is 3. The fourth-order valence-electron chi connectivity index (χ4n) is 4.88. The highest BCUT2D eigenvalue weighted by Crippen LogP contribution is 2.33. The molecule has 2 aromatic carbocycles. The molecule has 1 aliphatic heterocycles. The third-order valence-electron chi connectivity index (χ3n) is 6.67. The molecule has 37 heavy (non-hydrogen) atoms. The minimum absolute atomic E-state index is 0.235. The first-order valence-electron chi connectivity index (χ1n) is 12.1. The van der Waals surface area contributed by atoms with Crippen molar-refractivity contribution in [1.29, 1.82) is 0 Å². The van der Waals surface area contributed by atoms with Crippen LogP contribution in [-0.4, -0.2) is 35.2 Å². The van der Waals surface area contributed by atoms with Gasteiger partial charge in [-0.1, -0.05) is 18.2 Å². The molecule has 0 spiro atoms. The number of benzene rings is 2. The number of aromatic nitrogens is 5. The van der Waals surface area contributed by atoms with Crippen LogP contribution in [0.5, 0.6) is 5.75 Å². The van der Waals surface area contributed by atoms with Crippen LogP contribution in [0.15, 0.2) is 71.1 Å². The minimum atomic E-state index is -1.51. The number of fused-ring (bicyclic) bond motifs is 2. The number of rotatable bonds is 6. The molecule has 0 fully saturated rings. The fraction of sp³-hybridized carbons (Fsp3) is 0.214. The van der Waals surface area contributed by atoms with Crippen LogP contribution in [-0.2, 0) is 30.1 Å². The Kier molecular flexibility index (Phi) is 6.00. The molecule has 7 nitrogen and oxygen atoms in total. The highest BCUT2D eigenvalue weighted by atomic mass is 32.2. The number of nitrogens with zero attached hydrogens (tertiary/aromatic N) is 5. The Labute approximate surface area is 215 Å². The van der Waals surface area contributed by atoms with Gasteiger partial charge in [-0.3, -0.25) is 4.40 Å². The van der Waals surface area contributed by atoms with E-state index >= 15 is 0 Å².